The summed E-state index contributed by atoms with van der Waals surface area (Å²) in [5.74, 6) is 0.751. The largest absolute Gasteiger partial charge is 0.411 e. The second-order valence-corrected chi connectivity index (χ2v) is 20.7. The molecule has 0 radical (unpaired) electrons. The van der Waals surface area contributed by atoms with Gasteiger partial charge in [0, 0.05) is 36.7 Å². The molecule has 0 bridgehead atoms. The number of nitrogens with one attached hydrogen (secondary N) is 1. The van der Waals surface area contributed by atoms with Crippen LogP contribution in [0, 0.1) is 11.8 Å². The van der Waals surface area contributed by atoms with E-state index in [0.717, 1.165) is 76.1 Å². The van der Waals surface area contributed by atoms with Crippen LogP contribution in [0.4, 0.5) is 11.4 Å². The van der Waals surface area contributed by atoms with Crippen molar-refractivity contribution in [3.8, 4) is 0 Å². The zero-order valence-corrected chi connectivity index (χ0v) is 38.7. The Morgan fingerprint density at radius 1 is 0.729 bits per heavy atom. The highest BCUT2D eigenvalue weighted by Gasteiger charge is 2.28. The molecular formula is C46H66BrN5O5S2. The van der Waals surface area contributed by atoms with Crippen LogP contribution in [0.15, 0.2) is 126 Å². The average molecular weight is 913 g/mol. The predicted molar refractivity (Wildman–Crippen MR) is 251 cm³/mol. The van der Waals surface area contributed by atoms with Crippen LogP contribution in [0.5, 0.6) is 0 Å². The van der Waals surface area contributed by atoms with E-state index in [1.165, 1.54) is 34.2 Å². The molecule has 4 unspecified atom stereocenters. The molecule has 2 aliphatic heterocycles. The Balaban J connectivity index is 0.000000248. The topological polar surface area (TPSA) is 123 Å². The molecule has 0 spiro atoms. The molecule has 59 heavy (non-hydrogen) atoms. The number of sulfonamides is 2. The van der Waals surface area contributed by atoms with Gasteiger partial charge >= 0.3 is 0 Å². The number of piperidine rings is 2. The Morgan fingerprint density at radius 3 is 1.56 bits per heavy atom. The number of anilines is 2. The highest BCUT2D eigenvalue weighted by atomic mass is 79.9. The Hall–Kier alpha value is -3.75. The monoisotopic (exact) mass is 911 g/mol. The Labute approximate surface area is 363 Å². The third kappa shape index (κ3) is 19.5. The maximum Gasteiger partial charge on any atom is 0.232 e. The Kier molecular flexibility index (Phi) is 22.2. The fourth-order valence-corrected chi connectivity index (χ4v) is 9.62. The number of halogens is 1. The summed E-state index contributed by atoms with van der Waals surface area (Å²) in [7, 11) is -6.50. The third-order valence-electron chi connectivity index (χ3n) is 10.2. The number of rotatable bonds is 13. The van der Waals surface area contributed by atoms with E-state index < -0.39 is 20.0 Å². The van der Waals surface area contributed by atoms with Gasteiger partial charge in [-0.05, 0) is 119 Å². The molecule has 2 saturated heterocycles. The van der Waals surface area contributed by atoms with Crippen molar-refractivity contribution in [3.05, 3.63) is 132 Å². The summed E-state index contributed by atoms with van der Waals surface area (Å²) in [5, 5.41) is 13.4. The molecule has 2 fully saturated rings. The van der Waals surface area contributed by atoms with E-state index in [1.54, 1.807) is 11.2 Å². The van der Waals surface area contributed by atoms with Crippen LogP contribution in [-0.4, -0.2) is 95.8 Å². The first-order chi connectivity index (χ1) is 28.2. The lowest BCUT2D eigenvalue weighted by atomic mass is 9.95. The van der Waals surface area contributed by atoms with E-state index in [4.69, 9.17) is 5.21 Å². The molecule has 324 valence electrons. The van der Waals surface area contributed by atoms with Gasteiger partial charge in [-0.2, -0.15) is 0 Å². The molecule has 6 rings (SSSR count). The van der Waals surface area contributed by atoms with Crippen molar-refractivity contribution < 1.29 is 22.0 Å². The maximum atomic E-state index is 12.4. The fraction of sp³-hybridized carbons (Fsp3) is 0.457. The van der Waals surface area contributed by atoms with E-state index in [0.29, 0.717) is 35.8 Å². The van der Waals surface area contributed by atoms with Crippen molar-refractivity contribution in [2.75, 3.05) is 60.4 Å². The Morgan fingerprint density at radius 2 is 1.15 bits per heavy atom. The van der Waals surface area contributed by atoms with E-state index in [-0.39, 0.29) is 0 Å². The minimum absolute atomic E-state index is 0.354. The van der Waals surface area contributed by atoms with E-state index in [2.05, 4.69) is 99.7 Å². The van der Waals surface area contributed by atoms with Crippen LogP contribution >= 0.6 is 15.9 Å². The zero-order valence-electron chi connectivity index (χ0n) is 35.5. The third-order valence-corrected chi connectivity index (χ3v) is 12.8. The van der Waals surface area contributed by atoms with Crippen molar-refractivity contribution in [2.24, 2.45) is 17.0 Å². The van der Waals surface area contributed by atoms with E-state index >= 15 is 0 Å². The molecule has 0 aliphatic carbocycles. The SMILES string of the molecule is C/C=N/O.CC(Br)Cc1ccccc1.CC(Cc1ccccc1)N1CCCC(CN(c2ccccc2)S(C)(=O)=O)C1.CS(=O)(=O)N(CC1CCCNC1)c1ccccc1. The number of nitrogens with zero attached hydrogens (tertiary/aromatic N) is 4. The first kappa shape index (κ1) is 49.6. The fourth-order valence-electron chi connectivity index (χ4n) is 7.27. The molecule has 4 aromatic carbocycles. The van der Waals surface area contributed by atoms with Gasteiger partial charge in [0.25, 0.3) is 0 Å². The van der Waals surface area contributed by atoms with Gasteiger partial charge in [-0.1, -0.05) is 120 Å². The van der Waals surface area contributed by atoms with Gasteiger partial charge in [-0.3, -0.25) is 13.5 Å². The van der Waals surface area contributed by atoms with Crippen molar-refractivity contribution >= 4 is 53.6 Å². The molecule has 13 heteroatoms. The second-order valence-electron chi connectivity index (χ2n) is 15.4. The summed E-state index contributed by atoms with van der Waals surface area (Å²) in [6, 6.07) is 40.3. The lowest BCUT2D eigenvalue weighted by Crippen LogP contribution is -2.46. The first-order valence-corrected chi connectivity index (χ1v) is 25.2. The maximum absolute atomic E-state index is 12.4. The highest BCUT2D eigenvalue weighted by molar-refractivity contribution is 9.09. The van der Waals surface area contributed by atoms with Gasteiger partial charge in [0.1, 0.15) is 0 Å². The van der Waals surface area contributed by atoms with Gasteiger partial charge in [0.05, 0.1) is 23.9 Å². The lowest BCUT2D eigenvalue weighted by molar-refractivity contribution is 0.134. The van der Waals surface area contributed by atoms with Gasteiger partial charge in [0.2, 0.25) is 20.0 Å². The van der Waals surface area contributed by atoms with Gasteiger partial charge in [-0.15, -0.1) is 5.16 Å². The summed E-state index contributed by atoms with van der Waals surface area (Å²) < 4.78 is 51.7. The van der Waals surface area contributed by atoms with Crippen molar-refractivity contribution in [1.82, 2.24) is 10.2 Å². The van der Waals surface area contributed by atoms with Gasteiger partial charge < -0.3 is 10.5 Å². The van der Waals surface area contributed by atoms with Crippen LogP contribution in [0.2, 0.25) is 0 Å². The van der Waals surface area contributed by atoms with E-state index in [9.17, 15) is 16.8 Å². The molecular weight excluding hydrogens is 847 g/mol. The minimum atomic E-state index is -3.29. The van der Waals surface area contributed by atoms with Crippen molar-refractivity contribution in [3.63, 3.8) is 0 Å². The molecule has 0 aromatic heterocycles. The summed E-state index contributed by atoms with van der Waals surface area (Å²) in [5.41, 5.74) is 4.26. The number of alkyl halides is 1. The summed E-state index contributed by atoms with van der Waals surface area (Å²) in [6.45, 7) is 11.2. The standard InChI is InChI=1S/C22H30N2O2S.C13H20N2O2S.C9H11Br.C2H5NO/c1-19(16-20-10-5-3-6-11-20)23-15-9-12-21(17-23)18-24(27(2,25)26)22-13-7-4-8-14-22;1-18(16,17)15(13-7-3-2-4-8-13)11-12-6-5-9-14-10-12;1-8(10)7-9-5-3-2-4-6-9;1-2-3-4/h3-8,10-11,13-14,19,21H,9,12,15-18H2,1-2H3;2-4,7-8,12,14H,5-6,9-11H2,1H3;2-6,8H,7H2,1H3;2,4H,1H3/b;;;3-2+. The summed E-state index contributed by atoms with van der Waals surface area (Å²) >= 11 is 3.51. The van der Waals surface area contributed by atoms with Crippen molar-refractivity contribution in [2.45, 2.75) is 70.2 Å². The lowest BCUT2D eigenvalue weighted by Gasteiger charge is -2.38. The normalized spacial score (nSPS) is 18.1. The van der Waals surface area contributed by atoms with Gasteiger partial charge in [-0.25, -0.2) is 16.8 Å². The first-order valence-electron chi connectivity index (χ1n) is 20.6. The number of oxime groups is 1. The minimum Gasteiger partial charge on any atom is -0.411 e. The number of benzene rings is 4. The van der Waals surface area contributed by atoms with Gasteiger partial charge in [0.15, 0.2) is 0 Å². The van der Waals surface area contributed by atoms with E-state index in [1.807, 2.05) is 66.7 Å². The average Bonchev–Trinajstić information content (AvgIpc) is 3.23. The van der Waals surface area contributed by atoms with Crippen LogP contribution in [0.1, 0.15) is 57.6 Å². The summed E-state index contributed by atoms with van der Waals surface area (Å²) in [6.07, 6.45) is 10.4. The smallest absolute Gasteiger partial charge is 0.232 e. The molecule has 4 aromatic rings. The zero-order chi connectivity index (χ0) is 43.1. The Bertz CT molecular complexity index is 1950. The number of hydrogen-bond donors (Lipinski definition) is 2. The number of para-hydroxylation sites is 2. The van der Waals surface area contributed by atoms with Crippen LogP contribution < -0.4 is 13.9 Å². The molecule has 2 N–H and O–H groups in total. The molecule has 0 saturated carbocycles. The number of hydrogen-bond acceptors (Lipinski definition) is 8. The second kappa shape index (κ2) is 26.5. The number of likely N-dealkylation sites (tertiary alicyclic amines) is 1. The van der Waals surface area contributed by atoms with Crippen LogP contribution in [0.25, 0.3) is 0 Å². The molecule has 0 amide bonds. The molecule has 2 heterocycles. The molecule has 2 aliphatic rings. The molecule has 10 nitrogen and oxygen atoms in total. The van der Waals surface area contributed by atoms with Crippen LogP contribution in [0.3, 0.4) is 0 Å². The van der Waals surface area contributed by atoms with Crippen molar-refractivity contribution in [1.29, 1.82) is 0 Å². The van der Waals surface area contributed by atoms with Crippen LogP contribution in [-0.2, 0) is 32.9 Å². The summed E-state index contributed by atoms with van der Waals surface area (Å²) in [4.78, 5) is 3.10. The quantitative estimate of drug-likeness (QED) is 0.0596. The highest BCUT2D eigenvalue weighted by Crippen LogP contribution is 2.26. The predicted octanol–water partition coefficient (Wildman–Crippen LogP) is 8.73. The molecule has 4 atom stereocenters.